The number of benzene rings is 3. The summed E-state index contributed by atoms with van der Waals surface area (Å²) in [7, 11) is 0. The molecule has 1 heterocycles. The largest absolute Gasteiger partial charge is 0.494 e. The quantitative estimate of drug-likeness (QED) is 0.508. The van der Waals surface area contributed by atoms with Crippen molar-refractivity contribution >= 4 is 44.7 Å². The molecule has 0 saturated heterocycles. The zero-order valence-corrected chi connectivity index (χ0v) is 17.8. The first-order valence-electron chi connectivity index (χ1n) is 9.52. The van der Waals surface area contributed by atoms with E-state index in [0.717, 1.165) is 10.2 Å². The van der Waals surface area contributed by atoms with Gasteiger partial charge in [-0.15, -0.1) is 0 Å². The minimum atomic E-state index is -0.393. The molecule has 6 heteroatoms. The Hall–Kier alpha value is -3.38. The molecule has 0 unspecified atom stereocenters. The zero-order chi connectivity index (χ0) is 21.1. The number of nitrogens with zero attached hydrogens (tertiary/aromatic N) is 1. The van der Waals surface area contributed by atoms with Gasteiger partial charge in [-0.1, -0.05) is 46.3 Å². The third-order valence-electron chi connectivity index (χ3n) is 4.67. The van der Waals surface area contributed by atoms with Crippen molar-refractivity contribution in [1.82, 2.24) is 0 Å². The van der Waals surface area contributed by atoms with Crippen LogP contribution in [0.3, 0.4) is 0 Å². The fourth-order valence-electron chi connectivity index (χ4n) is 3.29. The molecule has 2 amide bonds. The Morgan fingerprint density at radius 1 is 0.867 bits per heavy atom. The number of imide groups is 1. The number of carbonyl (C=O) groups excluding carboxylic acids is 2. The standard InChI is InChI=1S/C24H19BrN2O3/c1-2-30-20-14-10-18(11-15-20)26-22-21(16-6-4-3-5-7-16)23(28)27(24(22)29)19-12-8-17(25)9-13-19/h3-15,26H,2H2,1H3. The van der Waals surface area contributed by atoms with Crippen LogP contribution < -0.4 is 15.0 Å². The molecule has 0 bridgehead atoms. The molecular weight excluding hydrogens is 444 g/mol. The number of hydrogen-bond acceptors (Lipinski definition) is 4. The van der Waals surface area contributed by atoms with Gasteiger partial charge < -0.3 is 10.1 Å². The minimum absolute atomic E-state index is 0.248. The molecule has 0 aliphatic carbocycles. The summed E-state index contributed by atoms with van der Waals surface area (Å²) in [5.41, 5.74) is 2.49. The summed E-state index contributed by atoms with van der Waals surface area (Å²) in [6.07, 6.45) is 0. The van der Waals surface area contributed by atoms with Crippen LogP contribution in [-0.2, 0) is 9.59 Å². The predicted octanol–water partition coefficient (Wildman–Crippen LogP) is 5.24. The summed E-state index contributed by atoms with van der Waals surface area (Å²) >= 11 is 3.38. The molecule has 0 fully saturated rings. The van der Waals surface area contributed by atoms with E-state index < -0.39 is 5.91 Å². The van der Waals surface area contributed by atoms with E-state index in [0.29, 0.717) is 29.1 Å². The third-order valence-corrected chi connectivity index (χ3v) is 5.19. The second-order valence-corrected chi connectivity index (χ2v) is 7.54. The Morgan fingerprint density at radius 3 is 2.17 bits per heavy atom. The van der Waals surface area contributed by atoms with Crippen molar-refractivity contribution in [2.24, 2.45) is 0 Å². The number of halogens is 1. The molecule has 0 aromatic heterocycles. The van der Waals surface area contributed by atoms with Crippen LogP contribution in [0.4, 0.5) is 11.4 Å². The van der Waals surface area contributed by atoms with E-state index in [9.17, 15) is 9.59 Å². The smallest absolute Gasteiger partial charge is 0.282 e. The van der Waals surface area contributed by atoms with Gasteiger partial charge in [0.15, 0.2) is 0 Å². The molecule has 150 valence electrons. The van der Waals surface area contributed by atoms with Gasteiger partial charge in [-0.2, -0.15) is 0 Å². The molecule has 1 aliphatic rings. The second kappa shape index (κ2) is 8.55. The van der Waals surface area contributed by atoms with E-state index in [1.54, 1.807) is 24.3 Å². The Balaban J connectivity index is 1.74. The third kappa shape index (κ3) is 3.86. The van der Waals surface area contributed by atoms with Crippen molar-refractivity contribution < 1.29 is 14.3 Å². The van der Waals surface area contributed by atoms with E-state index in [-0.39, 0.29) is 11.6 Å². The Kier molecular flexibility index (Phi) is 5.68. The Labute approximate surface area is 183 Å². The van der Waals surface area contributed by atoms with Gasteiger partial charge in [0.1, 0.15) is 11.4 Å². The van der Waals surface area contributed by atoms with Gasteiger partial charge in [0.25, 0.3) is 11.8 Å². The topological polar surface area (TPSA) is 58.6 Å². The summed E-state index contributed by atoms with van der Waals surface area (Å²) in [5, 5.41) is 3.15. The SMILES string of the molecule is CCOc1ccc(NC2=C(c3ccccc3)C(=O)N(c3ccc(Br)cc3)C2=O)cc1. The van der Waals surface area contributed by atoms with Crippen LogP contribution in [0.2, 0.25) is 0 Å². The van der Waals surface area contributed by atoms with Gasteiger partial charge in [-0.25, -0.2) is 4.90 Å². The number of ether oxygens (including phenoxy) is 1. The van der Waals surface area contributed by atoms with Gasteiger partial charge in [0.05, 0.1) is 17.9 Å². The molecule has 3 aromatic rings. The number of hydrogen-bond donors (Lipinski definition) is 1. The number of anilines is 2. The van der Waals surface area contributed by atoms with Crippen molar-refractivity contribution in [3.63, 3.8) is 0 Å². The first kappa shape index (κ1) is 19.9. The highest BCUT2D eigenvalue weighted by Crippen LogP contribution is 2.34. The van der Waals surface area contributed by atoms with Gasteiger partial charge in [0.2, 0.25) is 0 Å². The van der Waals surface area contributed by atoms with Crippen molar-refractivity contribution in [3.8, 4) is 5.75 Å². The van der Waals surface area contributed by atoms with E-state index in [1.807, 2.05) is 61.5 Å². The van der Waals surface area contributed by atoms with Crippen LogP contribution in [0.1, 0.15) is 12.5 Å². The summed E-state index contributed by atoms with van der Waals surface area (Å²) in [4.78, 5) is 27.8. The highest BCUT2D eigenvalue weighted by atomic mass is 79.9. The maximum Gasteiger partial charge on any atom is 0.282 e. The number of amides is 2. The molecular formula is C24H19BrN2O3. The van der Waals surface area contributed by atoms with Crippen LogP contribution in [0.15, 0.2) is 89.0 Å². The first-order valence-corrected chi connectivity index (χ1v) is 10.3. The Bertz CT molecular complexity index is 1110. The van der Waals surface area contributed by atoms with Crippen LogP contribution in [0.25, 0.3) is 5.57 Å². The molecule has 0 atom stereocenters. The first-order chi connectivity index (χ1) is 14.6. The van der Waals surface area contributed by atoms with E-state index in [4.69, 9.17) is 4.74 Å². The monoisotopic (exact) mass is 462 g/mol. The number of rotatable bonds is 6. The lowest BCUT2D eigenvalue weighted by Crippen LogP contribution is -2.32. The molecule has 5 nitrogen and oxygen atoms in total. The van der Waals surface area contributed by atoms with Crippen molar-refractivity contribution in [3.05, 3.63) is 94.6 Å². The van der Waals surface area contributed by atoms with Crippen LogP contribution in [0, 0.1) is 0 Å². The molecule has 3 aromatic carbocycles. The molecule has 4 rings (SSSR count). The number of nitrogens with one attached hydrogen (secondary N) is 1. The highest BCUT2D eigenvalue weighted by molar-refractivity contribution is 9.10. The van der Waals surface area contributed by atoms with E-state index in [2.05, 4.69) is 21.2 Å². The Morgan fingerprint density at radius 2 is 1.53 bits per heavy atom. The minimum Gasteiger partial charge on any atom is -0.494 e. The van der Waals surface area contributed by atoms with E-state index in [1.165, 1.54) is 4.90 Å². The molecule has 1 N–H and O–H groups in total. The maximum atomic E-state index is 13.3. The highest BCUT2D eigenvalue weighted by Gasteiger charge is 2.40. The normalized spacial score (nSPS) is 13.7. The van der Waals surface area contributed by atoms with Crippen LogP contribution >= 0.6 is 15.9 Å². The van der Waals surface area contributed by atoms with Crippen molar-refractivity contribution in [1.29, 1.82) is 0 Å². The predicted molar refractivity (Wildman–Crippen MR) is 121 cm³/mol. The van der Waals surface area contributed by atoms with Crippen molar-refractivity contribution in [2.75, 3.05) is 16.8 Å². The molecule has 1 aliphatic heterocycles. The summed E-state index contributed by atoms with van der Waals surface area (Å²) < 4.78 is 6.34. The summed E-state index contributed by atoms with van der Waals surface area (Å²) in [6, 6.07) is 23.6. The summed E-state index contributed by atoms with van der Waals surface area (Å²) in [6.45, 7) is 2.49. The molecule has 0 saturated carbocycles. The molecule has 30 heavy (non-hydrogen) atoms. The fourth-order valence-corrected chi connectivity index (χ4v) is 3.55. The van der Waals surface area contributed by atoms with E-state index >= 15 is 0 Å². The fraction of sp³-hybridized carbons (Fsp3) is 0.0833. The average Bonchev–Trinajstić information content (AvgIpc) is 3.00. The maximum absolute atomic E-state index is 13.3. The number of carbonyl (C=O) groups is 2. The van der Waals surface area contributed by atoms with Gasteiger partial charge in [-0.3, -0.25) is 9.59 Å². The molecule has 0 radical (unpaired) electrons. The van der Waals surface area contributed by atoms with Gasteiger partial charge in [0, 0.05) is 10.2 Å². The summed E-state index contributed by atoms with van der Waals surface area (Å²) in [5.74, 6) is -0.0114. The second-order valence-electron chi connectivity index (χ2n) is 6.62. The van der Waals surface area contributed by atoms with Crippen LogP contribution in [-0.4, -0.2) is 18.4 Å². The van der Waals surface area contributed by atoms with Gasteiger partial charge >= 0.3 is 0 Å². The van der Waals surface area contributed by atoms with Gasteiger partial charge in [-0.05, 0) is 61.0 Å². The lowest BCUT2D eigenvalue weighted by molar-refractivity contribution is -0.120. The van der Waals surface area contributed by atoms with Crippen LogP contribution in [0.5, 0.6) is 5.75 Å². The average molecular weight is 463 g/mol. The lowest BCUT2D eigenvalue weighted by Gasteiger charge is -2.15. The van der Waals surface area contributed by atoms with Crippen molar-refractivity contribution in [2.45, 2.75) is 6.92 Å². The zero-order valence-electron chi connectivity index (χ0n) is 16.3. The lowest BCUT2D eigenvalue weighted by atomic mass is 10.0. The molecule has 0 spiro atoms.